The molecule has 0 spiro atoms. The predicted octanol–water partition coefficient (Wildman–Crippen LogP) is 1.72. The second-order valence-electron chi connectivity index (χ2n) is 4.49. The zero-order valence-corrected chi connectivity index (χ0v) is 9.02. The number of hydrogen-bond acceptors (Lipinski definition) is 3. The van der Waals surface area contributed by atoms with Crippen LogP contribution in [0.1, 0.15) is 31.2 Å². The Morgan fingerprint density at radius 3 is 2.80 bits per heavy atom. The molecule has 1 heterocycles. The molecule has 0 aromatic carbocycles. The van der Waals surface area contributed by atoms with Gasteiger partial charge < -0.3 is 11.5 Å². The van der Waals surface area contributed by atoms with Gasteiger partial charge in [-0.3, -0.25) is 4.98 Å². The highest BCUT2D eigenvalue weighted by molar-refractivity contribution is 5.44. The quantitative estimate of drug-likeness (QED) is 0.789. The minimum Gasteiger partial charge on any atom is -0.398 e. The Balaban J connectivity index is 1.99. The highest BCUT2D eigenvalue weighted by Gasteiger charge is 2.22. The minimum atomic E-state index is 0.249. The molecule has 0 saturated heterocycles. The predicted molar refractivity (Wildman–Crippen MR) is 62.3 cm³/mol. The van der Waals surface area contributed by atoms with E-state index in [0.717, 1.165) is 17.7 Å². The third-order valence-electron chi connectivity index (χ3n) is 3.40. The Morgan fingerprint density at radius 2 is 2.13 bits per heavy atom. The van der Waals surface area contributed by atoms with E-state index in [1.165, 1.54) is 25.7 Å². The van der Waals surface area contributed by atoms with Crippen LogP contribution in [0.25, 0.3) is 0 Å². The van der Waals surface area contributed by atoms with Crippen LogP contribution in [0.4, 0.5) is 5.69 Å². The molecule has 1 aromatic rings. The average Bonchev–Trinajstić information content (AvgIpc) is 2.74. The van der Waals surface area contributed by atoms with Gasteiger partial charge in [0.2, 0.25) is 0 Å². The maximum absolute atomic E-state index is 6.20. The van der Waals surface area contributed by atoms with Crippen LogP contribution in [0.15, 0.2) is 18.5 Å². The van der Waals surface area contributed by atoms with Gasteiger partial charge >= 0.3 is 0 Å². The average molecular weight is 205 g/mol. The molecule has 82 valence electrons. The molecule has 4 N–H and O–H groups in total. The third-order valence-corrected chi connectivity index (χ3v) is 3.40. The highest BCUT2D eigenvalue weighted by atomic mass is 14.7. The largest absolute Gasteiger partial charge is 0.398 e. The first-order valence-electron chi connectivity index (χ1n) is 5.71. The van der Waals surface area contributed by atoms with Gasteiger partial charge in [-0.2, -0.15) is 0 Å². The van der Waals surface area contributed by atoms with Gasteiger partial charge in [0.1, 0.15) is 0 Å². The summed E-state index contributed by atoms with van der Waals surface area (Å²) >= 11 is 0. The van der Waals surface area contributed by atoms with Gasteiger partial charge in [0.15, 0.2) is 0 Å². The Labute approximate surface area is 90.9 Å². The van der Waals surface area contributed by atoms with Gasteiger partial charge in [-0.15, -0.1) is 0 Å². The second-order valence-corrected chi connectivity index (χ2v) is 4.49. The lowest BCUT2D eigenvalue weighted by molar-refractivity contribution is 0.429. The molecule has 1 unspecified atom stereocenters. The SMILES string of the molecule is Nc1ccncc1CC(N)C1CCCC1. The summed E-state index contributed by atoms with van der Waals surface area (Å²) in [6.07, 6.45) is 9.65. The van der Waals surface area contributed by atoms with Gasteiger partial charge in [-0.1, -0.05) is 12.8 Å². The number of anilines is 1. The molecule has 0 aliphatic heterocycles. The number of aromatic nitrogens is 1. The van der Waals surface area contributed by atoms with Crippen molar-refractivity contribution in [2.45, 2.75) is 38.1 Å². The minimum absolute atomic E-state index is 0.249. The van der Waals surface area contributed by atoms with Crippen molar-refractivity contribution in [3.05, 3.63) is 24.0 Å². The summed E-state index contributed by atoms with van der Waals surface area (Å²) in [6, 6.07) is 2.09. The zero-order chi connectivity index (χ0) is 10.7. The van der Waals surface area contributed by atoms with Crippen molar-refractivity contribution in [1.82, 2.24) is 4.98 Å². The van der Waals surface area contributed by atoms with E-state index in [4.69, 9.17) is 11.5 Å². The number of nitrogen functional groups attached to an aromatic ring is 1. The summed E-state index contributed by atoms with van der Waals surface area (Å²) in [4.78, 5) is 4.09. The lowest BCUT2D eigenvalue weighted by Gasteiger charge is -2.19. The molecule has 1 aliphatic rings. The maximum Gasteiger partial charge on any atom is 0.0378 e. The van der Waals surface area contributed by atoms with E-state index < -0.39 is 0 Å². The van der Waals surface area contributed by atoms with Crippen LogP contribution in [0.2, 0.25) is 0 Å². The molecule has 0 bridgehead atoms. The number of pyridine rings is 1. The third kappa shape index (κ3) is 2.48. The van der Waals surface area contributed by atoms with Crippen LogP contribution in [-0.2, 0) is 6.42 Å². The molecule has 1 aliphatic carbocycles. The molecule has 3 heteroatoms. The molecule has 0 amide bonds. The fourth-order valence-electron chi connectivity index (χ4n) is 2.41. The van der Waals surface area contributed by atoms with E-state index in [1.54, 1.807) is 6.20 Å². The Bertz CT molecular complexity index is 318. The summed E-state index contributed by atoms with van der Waals surface area (Å²) < 4.78 is 0. The molecule has 2 rings (SSSR count). The molecule has 1 atom stereocenters. The molecule has 1 saturated carbocycles. The van der Waals surface area contributed by atoms with Crippen molar-refractivity contribution in [3.63, 3.8) is 0 Å². The van der Waals surface area contributed by atoms with Crippen LogP contribution >= 0.6 is 0 Å². The Morgan fingerprint density at radius 1 is 1.40 bits per heavy atom. The van der Waals surface area contributed by atoms with Crippen molar-refractivity contribution >= 4 is 5.69 Å². The van der Waals surface area contributed by atoms with E-state index in [-0.39, 0.29) is 6.04 Å². The van der Waals surface area contributed by atoms with E-state index in [9.17, 15) is 0 Å². The van der Waals surface area contributed by atoms with E-state index >= 15 is 0 Å². The first-order valence-corrected chi connectivity index (χ1v) is 5.71. The monoisotopic (exact) mass is 205 g/mol. The molecule has 1 aromatic heterocycles. The molecule has 15 heavy (non-hydrogen) atoms. The van der Waals surface area contributed by atoms with E-state index in [0.29, 0.717) is 5.92 Å². The number of nitrogens with zero attached hydrogens (tertiary/aromatic N) is 1. The first kappa shape index (κ1) is 10.4. The van der Waals surface area contributed by atoms with Crippen molar-refractivity contribution in [2.75, 3.05) is 5.73 Å². The summed E-state index contributed by atoms with van der Waals surface area (Å²) in [5.41, 5.74) is 14.0. The fourth-order valence-corrected chi connectivity index (χ4v) is 2.41. The Hall–Kier alpha value is -1.09. The summed E-state index contributed by atoms with van der Waals surface area (Å²) in [6.45, 7) is 0. The number of rotatable bonds is 3. The van der Waals surface area contributed by atoms with Crippen molar-refractivity contribution in [3.8, 4) is 0 Å². The van der Waals surface area contributed by atoms with Crippen molar-refractivity contribution < 1.29 is 0 Å². The second kappa shape index (κ2) is 4.62. The fraction of sp³-hybridized carbons (Fsp3) is 0.583. The Kier molecular flexibility index (Phi) is 3.21. The standard InChI is InChI=1S/C12H19N3/c13-11-5-6-15-8-10(11)7-12(14)9-3-1-2-4-9/h5-6,8-9,12H,1-4,7,14H2,(H2,13,15). The molecule has 0 radical (unpaired) electrons. The molecular formula is C12H19N3. The summed E-state index contributed by atoms with van der Waals surface area (Å²) in [7, 11) is 0. The van der Waals surface area contributed by atoms with E-state index in [2.05, 4.69) is 4.98 Å². The normalized spacial score (nSPS) is 19.3. The summed E-state index contributed by atoms with van der Waals surface area (Å²) in [5.74, 6) is 0.685. The van der Waals surface area contributed by atoms with Gasteiger partial charge in [0, 0.05) is 24.1 Å². The van der Waals surface area contributed by atoms with Gasteiger partial charge in [0.05, 0.1) is 0 Å². The lowest BCUT2D eigenvalue weighted by atomic mass is 9.93. The molecule has 1 fully saturated rings. The number of nitrogens with two attached hydrogens (primary N) is 2. The lowest BCUT2D eigenvalue weighted by Crippen LogP contribution is -2.31. The zero-order valence-electron chi connectivity index (χ0n) is 9.02. The van der Waals surface area contributed by atoms with Crippen LogP contribution in [0, 0.1) is 5.92 Å². The van der Waals surface area contributed by atoms with Crippen molar-refractivity contribution in [2.24, 2.45) is 11.7 Å². The summed E-state index contributed by atoms with van der Waals surface area (Å²) in [5, 5.41) is 0. The van der Waals surface area contributed by atoms with Gasteiger partial charge in [0.25, 0.3) is 0 Å². The first-order chi connectivity index (χ1) is 7.27. The highest BCUT2D eigenvalue weighted by Crippen LogP contribution is 2.28. The van der Waals surface area contributed by atoms with Gasteiger partial charge in [-0.25, -0.2) is 0 Å². The number of hydrogen-bond donors (Lipinski definition) is 2. The van der Waals surface area contributed by atoms with E-state index in [1.807, 2.05) is 12.3 Å². The van der Waals surface area contributed by atoms with Crippen molar-refractivity contribution in [1.29, 1.82) is 0 Å². The topological polar surface area (TPSA) is 64.9 Å². The van der Waals surface area contributed by atoms with Crippen LogP contribution in [-0.4, -0.2) is 11.0 Å². The van der Waals surface area contributed by atoms with Crippen LogP contribution in [0.3, 0.4) is 0 Å². The smallest absolute Gasteiger partial charge is 0.0378 e. The van der Waals surface area contributed by atoms with Gasteiger partial charge in [-0.05, 0) is 36.8 Å². The maximum atomic E-state index is 6.20. The molecular weight excluding hydrogens is 186 g/mol. The van der Waals surface area contributed by atoms with Crippen LogP contribution in [0.5, 0.6) is 0 Å². The van der Waals surface area contributed by atoms with Crippen LogP contribution < -0.4 is 11.5 Å². The molecule has 3 nitrogen and oxygen atoms in total.